The number of nitrogens with zero attached hydrogens (tertiary/aromatic N) is 3. The van der Waals surface area contributed by atoms with Crippen LogP contribution >= 0.6 is 0 Å². The summed E-state index contributed by atoms with van der Waals surface area (Å²) in [4.78, 5) is 10.9. The zero-order chi connectivity index (χ0) is 14.1. The van der Waals surface area contributed by atoms with Gasteiger partial charge in [-0.1, -0.05) is 6.07 Å². The lowest BCUT2D eigenvalue weighted by atomic mass is 10.1. The Labute approximate surface area is 119 Å². The Balaban J connectivity index is 1.86. The number of aryl methyl sites for hydroxylation is 3. The predicted molar refractivity (Wildman–Crippen MR) is 82.8 cm³/mol. The van der Waals surface area contributed by atoms with Crippen LogP contribution < -0.4 is 10.2 Å². The smallest absolute Gasteiger partial charge is 0.229 e. The van der Waals surface area contributed by atoms with Gasteiger partial charge >= 0.3 is 0 Å². The van der Waals surface area contributed by atoms with Crippen LogP contribution in [0.4, 0.5) is 17.5 Å². The summed E-state index contributed by atoms with van der Waals surface area (Å²) in [7, 11) is 3.99. The third-order valence-corrected chi connectivity index (χ3v) is 3.72. The molecule has 1 aliphatic rings. The molecule has 0 unspecified atom stereocenters. The fourth-order valence-corrected chi connectivity index (χ4v) is 2.72. The summed E-state index contributed by atoms with van der Waals surface area (Å²) in [5.74, 6) is 1.60. The Kier molecular flexibility index (Phi) is 3.30. The first kappa shape index (κ1) is 12.9. The van der Waals surface area contributed by atoms with Crippen molar-refractivity contribution in [3.63, 3.8) is 0 Å². The van der Waals surface area contributed by atoms with Gasteiger partial charge in [-0.15, -0.1) is 0 Å². The Morgan fingerprint density at radius 3 is 2.75 bits per heavy atom. The summed E-state index contributed by atoms with van der Waals surface area (Å²) >= 11 is 0. The number of aromatic nitrogens is 2. The van der Waals surface area contributed by atoms with E-state index in [1.165, 1.54) is 30.4 Å². The topological polar surface area (TPSA) is 41.1 Å². The Morgan fingerprint density at radius 1 is 1.15 bits per heavy atom. The van der Waals surface area contributed by atoms with E-state index in [0.29, 0.717) is 5.95 Å². The summed E-state index contributed by atoms with van der Waals surface area (Å²) in [5, 5.41) is 3.31. The largest absolute Gasteiger partial charge is 0.362 e. The van der Waals surface area contributed by atoms with E-state index < -0.39 is 0 Å². The second-order valence-corrected chi connectivity index (χ2v) is 5.56. The maximum atomic E-state index is 4.56. The zero-order valence-electron chi connectivity index (χ0n) is 12.3. The molecule has 1 aromatic heterocycles. The zero-order valence-corrected chi connectivity index (χ0v) is 12.3. The van der Waals surface area contributed by atoms with Crippen molar-refractivity contribution in [1.82, 2.24) is 9.97 Å². The predicted octanol–water partition coefficient (Wildman–Crippen LogP) is 3.08. The minimum atomic E-state index is 0.650. The minimum absolute atomic E-state index is 0.650. The van der Waals surface area contributed by atoms with Crippen LogP contribution in [0.5, 0.6) is 0 Å². The van der Waals surface area contributed by atoms with Crippen LogP contribution in [-0.2, 0) is 12.8 Å². The Bertz CT molecular complexity index is 634. The molecule has 0 amide bonds. The van der Waals surface area contributed by atoms with Crippen molar-refractivity contribution >= 4 is 17.5 Å². The van der Waals surface area contributed by atoms with Gasteiger partial charge in [-0.3, -0.25) is 0 Å². The molecule has 0 saturated heterocycles. The van der Waals surface area contributed by atoms with Crippen molar-refractivity contribution in [3.8, 4) is 0 Å². The van der Waals surface area contributed by atoms with Gasteiger partial charge in [-0.25, -0.2) is 4.98 Å². The molecular formula is C16H20N4. The molecule has 1 N–H and O–H groups in total. The molecule has 0 fully saturated rings. The van der Waals surface area contributed by atoms with E-state index in [1.807, 2.05) is 32.1 Å². The molecule has 2 aromatic rings. The minimum Gasteiger partial charge on any atom is -0.362 e. The molecule has 4 heteroatoms. The summed E-state index contributed by atoms with van der Waals surface area (Å²) < 4.78 is 0. The van der Waals surface area contributed by atoms with Gasteiger partial charge in [0.15, 0.2) is 0 Å². The molecular weight excluding hydrogens is 248 g/mol. The van der Waals surface area contributed by atoms with E-state index in [-0.39, 0.29) is 0 Å². The molecule has 1 aromatic carbocycles. The van der Waals surface area contributed by atoms with Gasteiger partial charge in [0.1, 0.15) is 5.82 Å². The second kappa shape index (κ2) is 5.12. The lowest BCUT2D eigenvalue weighted by molar-refractivity contribution is 0.912. The van der Waals surface area contributed by atoms with Gasteiger partial charge in [-0.05, 0) is 49.4 Å². The maximum absolute atomic E-state index is 4.56. The highest BCUT2D eigenvalue weighted by molar-refractivity contribution is 5.58. The standard InChI is InChI=1S/C16H20N4/c1-11-10-17-16(19-15(11)20(2)3)18-14-8-7-12-5-4-6-13(12)9-14/h7-10H,4-6H2,1-3H3,(H,17,18,19). The normalized spacial score (nSPS) is 13.2. The second-order valence-electron chi connectivity index (χ2n) is 5.56. The molecule has 0 bridgehead atoms. The van der Waals surface area contributed by atoms with Gasteiger partial charge in [0.2, 0.25) is 5.95 Å². The van der Waals surface area contributed by atoms with Crippen molar-refractivity contribution < 1.29 is 0 Å². The van der Waals surface area contributed by atoms with E-state index >= 15 is 0 Å². The molecule has 0 spiro atoms. The van der Waals surface area contributed by atoms with E-state index in [0.717, 1.165) is 17.1 Å². The number of hydrogen-bond donors (Lipinski definition) is 1. The summed E-state index contributed by atoms with van der Waals surface area (Å²) in [6.07, 6.45) is 5.52. The van der Waals surface area contributed by atoms with Crippen LogP contribution in [0.2, 0.25) is 0 Å². The quantitative estimate of drug-likeness (QED) is 0.928. The molecule has 3 rings (SSSR count). The number of benzene rings is 1. The van der Waals surface area contributed by atoms with Crippen LogP contribution in [0.15, 0.2) is 24.4 Å². The SMILES string of the molecule is Cc1cnc(Nc2ccc3c(c2)CCC3)nc1N(C)C. The number of hydrogen-bond acceptors (Lipinski definition) is 4. The van der Waals surface area contributed by atoms with Crippen LogP contribution in [0.1, 0.15) is 23.1 Å². The lowest BCUT2D eigenvalue weighted by Gasteiger charge is -2.15. The van der Waals surface area contributed by atoms with Crippen LogP contribution in [0, 0.1) is 6.92 Å². The maximum Gasteiger partial charge on any atom is 0.229 e. The van der Waals surface area contributed by atoms with Gasteiger partial charge in [-0.2, -0.15) is 4.98 Å². The monoisotopic (exact) mass is 268 g/mol. The molecule has 1 aliphatic carbocycles. The molecule has 104 valence electrons. The molecule has 0 atom stereocenters. The molecule has 0 radical (unpaired) electrons. The lowest BCUT2D eigenvalue weighted by Crippen LogP contribution is -2.13. The fourth-order valence-electron chi connectivity index (χ4n) is 2.72. The van der Waals surface area contributed by atoms with E-state index in [9.17, 15) is 0 Å². The molecule has 20 heavy (non-hydrogen) atoms. The van der Waals surface area contributed by atoms with Crippen molar-refractivity contribution in [1.29, 1.82) is 0 Å². The van der Waals surface area contributed by atoms with Gasteiger partial charge in [0, 0.05) is 31.5 Å². The molecule has 1 heterocycles. The van der Waals surface area contributed by atoms with Gasteiger partial charge < -0.3 is 10.2 Å². The Hall–Kier alpha value is -2.10. The van der Waals surface area contributed by atoms with Gasteiger partial charge in [0.05, 0.1) is 0 Å². The van der Waals surface area contributed by atoms with Crippen molar-refractivity contribution in [3.05, 3.63) is 41.1 Å². The molecule has 4 nitrogen and oxygen atoms in total. The average Bonchev–Trinajstić information content (AvgIpc) is 2.88. The highest BCUT2D eigenvalue weighted by Gasteiger charge is 2.11. The highest BCUT2D eigenvalue weighted by atomic mass is 15.2. The van der Waals surface area contributed by atoms with E-state index in [2.05, 4.69) is 33.5 Å². The first-order valence-electron chi connectivity index (χ1n) is 7.03. The van der Waals surface area contributed by atoms with Crippen molar-refractivity contribution in [2.75, 3.05) is 24.3 Å². The number of rotatable bonds is 3. The van der Waals surface area contributed by atoms with Crippen LogP contribution in [-0.4, -0.2) is 24.1 Å². The number of fused-ring (bicyclic) bond motifs is 1. The molecule has 0 aliphatic heterocycles. The first-order valence-corrected chi connectivity index (χ1v) is 7.03. The summed E-state index contributed by atoms with van der Waals surface area (Å²) in [6.45, 7) is 2.02. The third-order valence-electron chi connectivity index (χ3n) is 3.72. The number of anilines is 3. The summed E-state index contributed by atoms with van der Waals surface area (Å²) in [5.41, 5.74) is 5.08. The fraction of sp³-hybridized carbons (Fsp3) is 0.375. The van der Waals surface area contributed by atoms with E-state index in [1.54, 1.807) is 0 Å². The highest BCUT2D eigenvalue weighted by Crippen LogP contribution is 2.26. The van der Waals surface area contributed by atoms with Crippen LogP contribution in [0.25, 0.3) is 0 Å². The van der Waals surface area contributed by atoms with Gasteiger partial charge in [0.25, 0.3) is 0 Å². The van der Waals surface area contributed by atoms with Crippen molar-refractivity contribution in [2.45, 2.75) is 26.2 Å². The summed E-state index contributed by atoms with van der Waals surface area (Å²) in [6, 6.07) is 6.55. The Morgan fingerprint density at radius 2 is 1.95 bits per heavy atom. The van der Waals surface area contributed by atoms with Crippen LogP contribution in [0.3, 0.4) is 0 Å². The van der Waals surface area contributed by atoms with Crippen molar-refractivity contribution in [2.24, 2.45) is 0 Å². The molecule has 0 saturated carbocycles. The van der Waals surface area contributed by atoms with E-state index in [4.69, 9.17) is 0 Å². The number of nitrogens with one attached hydrogen (secondary N) is 1. The first-order chi connectivity index (χ1) is 9.63. The average molecular weight is 268 g/mol. The third kappa shape index (κ3) is 2.46.